The van der Waals surface area contributed by atoms with Crippen LogP contribution in [-0.4, -0.2) is 46.6 Å². The molecule has 0 aromatic heterocycles. The molecule has 7 nitrogen and oxygen atoms in total. The van der Waals surface area contributed by atoms with Crippen molar-refractivity contribution in [3.05, 3.63) is 33.9 Å². The van der Waals surface area contributed by atoms with Gasteiger partial charge < -0.3 is 14.7 Å². The van der Waals surface area contributed by atoms with E-state index in [9.17, 15) is 20.0 Å². The molecular formula is C14H18N2O5. The minimum atomic E-state index is -0.688. The summed E-state index contributed by atoms with van der Waals surface area (Å²) in [4.78, 5) is 24.0. The first-order valence-electron chi connectivity index (χ1n) is 6.68. The van der Waals surface area contributed by atoms with E-state index < -0.39 is 16.4 Å². The highest BCUT2D eigenvalue weighted by molar-refractivity contribution is 5.95. The normalized spacial score (nSPS) is 22.1. The van der Waals surface area contributed by atoms with Gasteiger partial charge in [-0.2, -0.15) is 0 Å². The number of hydrogen-bond acceptors (Lipinski definition) is 5. The highest BCUT2D eigenvalue weighted by atomic mass is 16.6. The van der Waals surface area contributed by atoms with Crippen LogP contribution in [0.2, 0.25) is 0 Å². The second kappa shape index (κ2) is 5.69. The molecule has 1 unspecified atom stereocenters. The van der Waals surface area contributed by atoms with Gasteiger partial charge in [0.2, 0.25) is 0 Å². The third-order valence-corrected chi connectivity index (χ3v) is 3.86. The van der Waals surface area contributed by atoms with E-state index in [1.807, 2.05) is 6.92 Å². The Morgan fingerprint density at radius 2 is 2.24 bits per heavy atom. The molecule has 1 fully saturated rings. The van der Waals surface area contributed by atoms with Crippen molar-refractivity contribution in [2.24, 2.45) is 0 Å². The van der Waals surface area contributed by atoms with Crippen LogP contribution in [-0.2, 0) is 4.74 Å². The molecule has 1 aromatic rings. The summed E-state index contributed by atoms with van der Waals surface area (Å²) in [5.41, 5.74) is -0.554. The highest BCUT2D eigenvalue weighted by Crippen LogP contribution is 2.29. The summed E-state index contributed by atoms with van der Waals surface area (Å²) >= 11 is 0. The molecule has 0 radical (unpaired) electrons. The Kier molecular flexibility index (Phi) is 4.13. The van der Waals surface area contributed by atoms with Crippen LogP contribution in [0.4, 0.5) is 5.69 Å². The van der Waals surface area contributed by atoms with Crippen molar-refractivity contribution in [1.29, 1.82) is 0 Å². The van der Waals surface area contributed by atoms with Gasteiger partial charge in [-0.15, -0.1) is 0 Å². The smallest absolute Gasteiger partial charge is 0.310 e. The molecule has 1 amide bonds. The van der Waals surface area contributed by atoms with Crippen LogP contribution in [0.25, 0.3) is 0 Å². The molecule has 1 aromatic carbocycles. The zero-order chi connectivity index (χ0) is 15.6. The van der Waals surface area contributed by atoms with E-state index in [-0.39, 0.29) is 17.1 Å². The van der Waals surface area contributed by atoms with Crippen molar-refractivity contribution in [2.75, 3.05) is 20.2 Å². The fourth-order valence-corrected chi connectivity index (χ4v) is 2.54. The van der Waals surface area contributed by atoms with Crippen LogP contribution in [0.1, 0.15) is 30.1 Å². The number of carbonyl (C=O) groups is 1. The molecule has 114 valence electrons. The molecular weight excluding hydrogens is 276 g/mol. The number of nitro groups is 1. The largest absolute Gasteiger partial charge is 0.502 e. The lowest BCUT2D eigenvalue weighted by molar-refractivity contribution is -0.385. The van der Waals surface area contributed by atoms with Gasteiger partial charge in [-0.1, -0.05) is 0 Å². The number of phenols is 1. The molecule has 0 spiro atoms. The molecule has 1 aliphatic heterocycles. The van der Waals surface area contributed by atoms with Gasteiger partial charge in [0.25, 0.3) is 5.91 Å². The molecule has 0 bridgehead atoms. The van der Waals surface area contributed by atoms with Gasteiger partial charge in [0.15, 0.2) is 5.75 Å². The number of hydrogen-bond donors (Lipinski definition) is 1. The second-order valence-corrected chi connectivity index (χ2v) is 5.44. The number of carbonyl (C=O) groups excluding carboxylic acids is 1. The van der Waals surface area contributed by atoms with E-state index in [2.05, 4.69) is 0 Å². The lowest BCUT2D eigenvalue weighted by Gasteiger charge is -2.39. The van der Waals surface area contributed by atoms with Gasteiger partial charge in [-0.05, 0) is 31.9 Å². The minimum Gasteiger partial charge on any atom is -0.502 e. The molecule has 7 heteroatoms. The molecule has 0 saturated carbocycles. The molecule has 1 aliphatic rings. The lowest BCUT2D eigenvalue weighted by atomic mass is 9.94. The average Bonchev–Trinajstić information content (AvgIpc) is 2.46. The number of ether oxygens (including phenoxy) is 1. The molecule has 2 rings (SSSR count). The topological polar surface area (TPSA) is 92.9 Å². The Morgan fingerprint density at radius 1 is 1.52 bits per heavy atom. The first kappa shape index (κ1) is 15.2. The molecule has 1 N–H and O–H groups in total. The predicted octanol–water partition coefficient (Wildman–Crippen LogP) is 1.94. The zero-order valence-electron chi connectivity index (χ0n) is 12.0. The maximum atomic E-state index is 12.4. The highest BCUT2D eigenvalue weighted by Gasteiger charge is 2.33. The number of methoxy groups -OCH3 is 1. The summed E-state index contributed by atoms with van der Waals surface area (Å²) in [6, 6.07) is 3.64. The third kappa shape index (κ3) is 3.13. The summed E-state index contributed by atoms with van der Waals surface area (Å²) in [6.07, 6.45) is 1.70. The number of benzene rings is 1. The van der Waals surface area contributed by atoms with E-state index in [4.69, 9.17) is 4.74 Å². The molecule has 0 aliphatic carbocycles. The van der Waals surface area contributed by atoms with Crippen molar-refractivity contribution in [1.82, 2.24) is 4.90 Å². The van der Waals surface area contributed by atoms with Crippen LogP contribution in [0.3, 0.4) is 0 Å². The number of nitrogens with zero attached hydrogens (tertiary/aromatic N) is 2. The summed E-state index contributed by atoms with van der Waals surface area (Å²) < 4.78 is 5.44. The van der Waals surface area contributed by atoms with Gasteiger partial charge >= 0.3 is 5.69 Å². The van der Waals surface area contributed by atoms with Crippen LogP contribution >= 0.6 is 0 Å². The summed E-state index contributed by atoms with van der Waals surface area (Å²) in [6.45, 7) is 3.01. The molecule has 1 heterocycles. The van der Waals surface area contributed by atoms with Gasteiger partial charge in [0.05, 0.1) is 10.5 Å². The summed E-state index contributed by atoms with van der Waals surface area (Å²) in [7, 11) is 1.62. The van der Waals surface area contributed by atoms with E-state index in [1.165, 1.54) is 6.07 Å². The predicted molar refractivity (Wildman–Crippen MR) is 75.3 cm³/mol. The standard InChI is InChI=1S/C14H18N2O5/c1-14(21-2)6-3-7-15(9-14)13(18)10-4-5-11(16(19)20)12(17)8-10/h4-5,8,17H,3,6-7,9H2,1-2H3. The van der Waals surface area contributed by atoms with E-state index >= 15 is 0 Å². The lowest BCUT2D eigenvalue weighted by Crippen LogP contribution is -2.49. The van der Waals surface area contributed by atoms with Crippen molar-refractivity contribution in [3.63, 3.8) is 0 Å². The van der Waals surface area contributed by atoms with Crippen LogP contribution < -0.4 is 0 Å². The van der Waals surface area contributed by atoms with E-state index in [1.54, 1.807) is 12.0 Å². The zero-order valence-corrected chi connectivity index (χ0v) is 12.0. The Bertz CT molecular complexity index is 574. The van der Waals surface area contributed by atoms with E-state index in [0.29, 0.717) is 13.1 Å². The Labute approximate surface area is 122 Å². The van der Waals surface area contributed by atoms with Crippen molar-refractivity contribution < 1.29 is 19.6 Å². The molecule has 21 heavy (non-hydrogen) atoms. The van der Waals surface area contributed by atoms with Crippen molar-refractivity contribution in [3.8, 4) is 5.75 Å². The number of phenolic OH excluding ortho intramolecular Hbond substituents is 1. The number of amides is 1. The van der Waals surface area contributed by atoms with Gasteiger partial charge in [0.1, 0.15) is 0 Å². The fourth-order valence-electron chi connectivity index (χ4n) is 2.54. The molecule has 1 saturated heterocycles. The van der Waals surface area contributed by atoms with Gasteiger partial charge in [-0.3, -0.25) is 14.9 Å². The maximum absolute atomic E-state index is 12.4. The SMILES string of the molecule is COC1(C)CCCN(C(=O)c2ccc([N+](=O)[O-])c(O)c2)C1. The number of aromatic hydroxyl groups is 1. The maximum Gasteiger partial charge on any atom is 0.310 e. The van der Waals surface area contributed by atoms with E-state index in [0.717, 1.165) is 25.0 Å². The average molecular weight is 294 g/mol. The number of nitro benzene ring substituents is 1. The fraction of sp³-hybridized carbons (Fsp3) is 0.500. The quantitative estimate of drug-likeness (QED) is 0.679. The number of rotatable bonds is 3. The first-order chi connectivity index (χ1) is 9.86. The molecule has 1 atom stereocenters. The third-order valence-electron chi connectivity index (χ3n) is 3.86. The number of likely N-dealkylation sites (tertiary alicyclic amines) is 1. The minimum absolute atomic E-state index is 0.235. The monoisotopic (exact) mass is 294 g/mol. The van der Waals surface area contributed by atoms with Gasteiger partial charge in [0, 0.05) is 31.8 Å². The van der Waals surface area contributed by atoms with Crippen molar-refractivity contribution >= 4 is 11.6 Å². The van der Waals surface area contributed by atoms with Gasteiger partial charge in [-0.25, -0.2) is 0 Å². The summed E-state index contributed by atoms with van der Waals surface area (Å²) in [5, 5.41) is 20.3. The Balaban J connectivity index is 2.20. The van der Waals surface area contributed by atoms with Crippen LogP contribution in [0.15, 0.2) is 18.2 Å². The summed E-state index contributed by atoms with van der Waals surface area (Å²) in [5.74, 6) is -0.763. The Hall–Kier alpha value is -2.15. The second-order valence-electron chi connectivity index (χ2n) is 5.44. The van der Waals surface area contributed by atoms with Crippen LogP contribution in [0, 0.1) is 10.1 Å². The first-order valence-corrected chi connectivity index (χ1v) is 6.68. The van der Waals surface area contributed by atoms with Crippen LogP contribution in [0.5, 0.6) is 5.75 Å². The van der Waals surface area contributed by atoms with Crippen molar-refractivity contribution in [2.45, 2.75) is 25.4 Å². The number of piperidine rings is 1. The Morgan fingerprint density at radius 3 is 2.81 bits per heavy atom.